The Morgan fingerprint density at radius 3 is 2.33 bits per heavy atom. The van der Waals surface area contributed by atoms with Crippen LogP contribution in [0.3, 0.4) is 0 Å². The first-order valence-electron chi connectivity index (χ1n) is 7.64. The van der Waals surface area contributed by atoms with E-state index in [1.165, 1.54) is 0 Å². The molecule has 30 heavy (non-hydrogen) atoms. The fraction of sp³-hybridized carbons (Fsp3) is 0.200. The average Bonchev–Trinajstić information content (AvgIpc) is 2.64. The highest BCUT2D eigenvalue weighted by atomic mass is 35.5. The van der Waals surface area contributed by atoms with E-state index >= 15 is 0 Å². The summed E-state index contributed by atoms with van der Waals surface area (Å²) in [4.78, 5) is 16.4. The van der Waals surface area contributed by atoms with Gasteiger partial charge in [-0.3, -0.25) is 10.2 Å². The molecule has 15 heteroatoms. The Morgan fingerprint density at radius 2 is 1.77 bits per heavy atom. The minimum absolute atomic E-state index is 0.368. The topological polar surface area (TPSA) is 100 Å². The number of pyridine rings is 1. The van der Waals surface area contributed by atoms with Crippen molar-refractivity contribution in [3.63, 3.8) is 0 Å². The molecule has 2 aromatic rings. The van der Waals surface area contributed by atoms with Gasteiger partial charge in [0, 0.05) is 11.8 Å². The van der Waals surface area contributed by atoms with Gasteiger partial charge in [0.1, 0.15) is 6.54 Å². The Balaban J connectivity index is 2.14. The van der Waals surface area contributed by atoms with Gasteiger partial charge in [-0.2, -0.15) is 26.3 Å². The molecule has 0 spiro atoms. The first-order chi connectivity index (χ1) is 13.7. The zero-order valence-electron chi connectivity index (χ0n) is 14.4. The van der Waals surface area contributed by atoms with E-state index < -0.39 is 56.1 Å². The number of hydrazine groups is 1. The number of hydrogen-bond donors (Lipinski definition) is 3. The van der Waals surface area contributed by atoms with Crippen LogP contribution in [0.15, 0.2) is 41.4 Å². The highest BCUT2D eigenvalue weighted by Gasteiger charge is 2.32. The second-order valence-electron chi connectivity index (χ2n) is 5.61. The Kier molecular flexibility index (Phi) is 6.83. The lowest BCUT2D eigenvalue weighted by molar-refractivity contribution is -0.137. The van der Waals surface area contributed by atoms with Gasteiger partial charge in [-0.1, -0.05) is 17.7 Å². The van der Waals surface area contributed by atoms with E-state index in [4.69, 9.17) is 11.6 Å². The maximum atomic E-state index is 12.6. The number of hydrogen-bond acceptors (Lipinski definition) is 5. The van der Waals surface area contributed by atoms with E-state index in [0.717, 1.165) is 24.3 Å². The van der Waals surface area contributed by atoms with E-state index in [1.807, 2.05) is 5.43 Å². The van der Waals surface area contributed by atoms with Gasteiger partial charge in [-0.25, -0.2) is 13.4 Å². The van der Waals surface area contributed by atoms with Crippen LogP contribution in [-0.4, -0.2) is 32.0 Å². The standard InChI is InChI=1S/C15H11ClF6N4O3S/c16-11-5-9(15(20,21)22)6-23-12(11)25-26-30(28,29)10-3-1-2-8(4-10)13(27)24-7-14(17,18)19/h1-6,26H,7H2,(H,23,25)(H,24,27). The Morgan fingerprint density at radius 1 is 1.10 bits per heavy atom. The molecule has 0 atom stereocenters. The Hall–Kier alpha value is -2.58. The van der Waals surface area contributed by atoms with Crippen LogP contribution >= 0.6 is 11.6 Å². The van der Waals surface area contributed by atoms with Crippen LogP contribution in [0.5, 0.6) is 0 Å². The Labute approximate surface area is 170 Å². The highest BCUT2D eigenvalue weighted by Crippen LogP contribution is 2.32. The van der Waals surface area contributed by atoms with Crippen molar-refractivity contribution in [3.8, 4) is 0 Å². The summed E-state index contributed by atoms with van der Waals surface area (Å²) in [5.74, 6) is -1.60. The molecule has 0 aliphatic rings. The lowest BCUT2D eigenvalue weighted by Gasteiger charge is -2.13. The molecule has 164 valence electrons. The number of halogens is 7. The first-order valence-corrected chi connectivity index (χ1v) is 9.51. The minimum Gasteiger partial charge on any atom is -0.343 e. The van der Waals surface area contributed by atoms with Crippen molar-refractivity contribution in [2.24, 2.45) is 0 Å². The monoisotopic (exact) mass is 476 g/mol. The molecule has 7 nitrogen and oxygen atoms in total. The van der Waals surface area contributed by atoms with Crippen LogP contribution in [0.1, 0.15) is 15.9 Å². The largest absolute Gasteiger partial charge is 0.417 e. The van der Waals surface area contributed by atoms with Gasteiger partial charge in [0.05, 0.1) is 15.5 Å². The second kappa shape index (κ2) is 8.65. The molecule has 0 aliphatic carbocycles. The zero-order chi connectivity index (χ0) is 22.7. The fourth-order valence-electron chi connectivity index (χ4n) is 1.95. The predicted octanol–water partition coefficient (Wildman–Crippen LogP) is 3.35. The average molecular weight is 477 g/mol. The minimum atomic E-state index is -4.71. The van der Waals surface area contributed by atoms with Gasteiger partial charge < -0.3 is 5.32 Å². The van der Waals surface area contributed by atoms with E-state index in [0.29, 0.717) is 12.3 Å². The first kappa shape index (κ1) is 23.7. The Bertz CT molecular complexity index is 1040. The number of nitrogens with one attached hydrogen (secondary N) is 3. The van der Waals surface area contributed by atoms with E-state index in [9.17, 15) is 39.6 Å². The van der Waals surface area contributed by atoms with E-state index in [1.54, 1.807) is 10.1 Å². The van der Waals surface area contributed by atoms with Crippen molar-refractivity contribution in [1.82, 2.24) is 15.1 Å². The number of sulfonamides is 1. The van der Waals surface area contributed by atoms with Crippen molar-refractivity contribution in [2.45, 2.75) is 17.2 Å². The molecule has 0 radical (unpaired) electrons. The van der Waals surface area contributed by atoms with Crippen molar-refractivity contribution in [1.29, 1.82) is 0 Å². The van der Waals surface area contributed by atoms with Gasteiger partial charge in [-0.15, -0.1) is 4.83 Å². The normalized spacial score (nSPS) is 12.5. The molecule has 2 rings (SSSR count). The maximum absolute atomic E-state index is 12.6. The number of carbonyl (C=O) groups is 1. The summed E-state index contributed by atoms with van der Waals surface area (Å²) in [5, 5.41) is 1.05. The number of amides is 1. The van der Waals surface area contributed by atoms with Gasteiger partial charge in [0.2, 0.25) is 0 Å². The van der Waals surface area contributed by atoms with Crippen LogP contribution in [0, 0.1) is 0 Å². The van der Waals surface area contributed by atoms with Crippen molar-refractivity contribution in [3.05, 3.63) is 52.7 Å². The molecule has 0 fully saturated rings. The molecular weight excluding hydrogens is 466 g/mol. The summed E-state index contributed by atoms with van der Waals surface area (Å²) < 4.78 is 98.9. The number of nitrogens with zero attached hydrogens (tertiary/aromatic N) is 1. The molecule has 3 N–H and O–H groups in total. The molecule has 0 aliphatic heterocycles. The zero-order valence-corrected chi connectivity index (χ0v) is 16.0. The molecule has 0 bridgehead atoms. The molecule has 0 unspecified atom stereocenters. The highest BCUT2D eigenvalue weighted by molar-refractivity contribution is 7.89. The number of alkyl halides is 6. The van der Waals surface area contributed by atoms with E-state index in [2.05, 4.69) is 4.98 Å². The summed E-state index contributed by atoms with van der Waals surface area (Å²) in [5.41, 5.74) is 0.504. The molecular formula is C15H11ClF6N4O3S. The molecule has 1 amide bonds. The number of carbonyl (C=O) groups excluding carboxylic acids is 1. The van der Waals surface area contributed by atoms with Crippen molar-refractivity contribution < 1.29 is 39.6 Å². The van der Waals surface area contributed by atoms with Crippen LogP contribution in [-0.2, 0) is 16.2 Å². The van der Waals surface area contributed by atoms with Crippen LogP contribution < -0.4 is 15.6 Å². The number of anilines is 1. The van der Waals surface area contributed by atoms with Crippen molar-refractivity contribution in [2.75, 3.05) is 12.0 Å². The van der Waals surface area contributed by atoms with Gasteiger partial charge in [0.25, 0.3) is 15.9 Å². The number of aromatic nitrogens is 1. The quantitative estimate of drug-likeness (QED) is 0.438. The fourth-order valence-corrected chi connectivity index (χ4v) is 3.05. The summed E-state index contributed by atoms with van der Waals surface area (Å²) >= 11 is 5.64. The van der Waals surface area contributed by atoms with Crippen LogP contribution in [0.4, 0.5) is 32.2 Å². The third kappa shape index (κ3) is 6.47. The molecule has 1 heterocycles. The van der Waals surface area contributed by atoms with Gasteiger partial charge >= 0.3 is 12.4 Å². The van der Waals surface area contributed by atoms with Gasteiger partial charge in [-0.05, 0) is 24.3 Å². The summed E-state index contributed by atoms with van der Waals surface area (Å²) in [6.07, 6.45) is -8.94. The number of benzene rings is 1. The third-order valence-corrected chi connectivity index (χ3v) is 4.86. The SMILES string of the molecule is O=C(NCC(F)(F)F)c1cccc(S(=O)(=O)NNc2ncc(C(F)(F)F)cc2Cl)c1. The second-order valence-corrected chi connectivity index (χ2v) is 7.70. The number of rotatable bonds is 6. The molecule has 1 aromatic carbocycles. The molecule has 1 aromatic heterocycles. The molecule has 0 saturated heterocycles. The summed E-state index contributed by atoms with van der Waals surface area (Å²) in [6.45, 7) is -1.61. The summed E-state index contributed by atoms with van der Waals surface area (Å²) in [6, 6.07) is 4.56. The smallest absolute Gasteiger partial charge is 0.343 e. The van der Waals surface area contributed by atoms with E-state index in [-0.39, 0.29) is 5.56 Å². The van der Waals surface area contributed by atoms with Crippen LogP contribution in [0.25, 0.3) is 0 Å². The maximum Gasteiger partial charge on any atom is 0.417 e. The van der Waals surface area contributed by atoms with Gasteiger partial charge in [0.15, 0.2) is 5.82 Å². The predicted molar refractivity (Wildman–Crippen MR) is 93.0 cm³/mol. The van der Waals surface area contributed by atoms with Crippen LogP contribution in [0.2, 0.25) is 5.02 Å². The lowest BCUT2D eigenvalue weighted by Crippen LogP contribution is -2.34. The molecule has 0 saturated carbocycles. The third-order valence-electron chi connectivity index (χ3n) is 3.33. The van der Waals surface area contributed by atoms with Crippen molar-refractivity contribution >= 4 is 33.3 Å². The summed E-state index contributed by atoms with van der Waals surface area (Å²) in [7, 11) is -4.40. The lowest BCUT2D eigenvalue weighted by atomic mass is 10.2.